The predicted molar refractivity (Wildman–Crippen MR) is 92.8 cm³/mol. The van der Waals surface area contributed by atoms with E-state index in [0.717, 1.165) is 26.2 Å². The third-order valence-electron chi connectivity index (χ3n) is 3.61. The minimum Gasteiger partial charge on any atom is -0.542 e. The topological polar surface area (TPSA) is 83.9 Å². The maximum Gasteiger partial charge on any atom is 0.430 e. The van der Waals surface area contributed by atoms with E-state index in [2.05, 4.69) is 58.1 Å². The van der Waals surface area contributed by atoms with Gasteiger partial charge in [0.1, 0.15) is 5.97 Å². The number of rotatable bonds is 8. The Kier molecular flexibility index (Phi) is 10.1. The lowest BCUT2D eigenvalue weighted by atomic mass is 10.1. The second kappa shape index (κ2) is 12.0. The van der Waals surface area contributed by atoms with Gasteiger partial charge in [0.05, 0.1) is 6.54 Å². The van der Waals surface area contributed by atoms with Gasteiger partial charge in [0.15, 0.2) is 0 Å². The Balaban J connectivity index is 0.000000445. The maximum absolute atomic E-state index is 10.5. The van der Waals surface area contributed by atoms with Crippen LogP contribution in [0, 0.1) is 0 Å². The van der Waals surface area contributed by atoms with Crippen LogP contribution in [0.15, 0.2) is 54.9 Å². The van der Waals surface area contributed by atoms with E-state index in [9.17, 15) is 13.2 Å². The number of benzene rings is 1. The molecule has 3 N–H and O–H groups in total. The quantitative estimate of drug-likeness (QED) is 0.699. The zero-order chi connectivity index (χ0) is 20.1. The zero-order valence-electron chi connectivity index (χ0n) is 15.0. The number of pyridine rings is 1. The highest BCUT2D eigenvalue weighted by Crippen LogP contribution is 2.12. The van der Waals surface area contributed by atoms with Crippen LogP contribution in [0.2, 0.25) is 0 Å². The van der Waals surface area contributed by atoms with E-state index < -0.39 is 12.1 Å². The lowest BCUT2D eigenvalue weighted by Crippen LogP contribution is -2.50. The molecule has 8 heteroatoms. The Bertz CT molecular complexity index is 611. The van der Waals surface area contributed by atoms with Crippen LogP contribution in [0.1, 0.15) is 24.0 Å². The summed E-state index contributed by atoms with van der Waals surface area (Å²) >= 11 is 0. The molecule has 2 aromatic rings. The molecule has 0 aliphatic carbocycles. The zero-order valence-corrected chi connectivity index (χ0v) is 15.0. The number of aliphatic carboxylic acids is 1. The van der Waals surface area contributed by atoms with Gasteiger partial charge in [0, 0.05) is 25.5 Å². The van der Waals surface area contributed by atoms with Crippen molar-refractivity contribution in [3.8, 4) is 0 Å². The number of hydrogen-bond acceptors (Lipinski definition) is 4. The van der Waals surface area contributed by atoms with E-state index in [1.54, 1.807) is 0 Å². The summed E-state index contributed by atoms with van der Waals surface area (Å²) in [4.78, 5) is 15.4. The largest absolute Gasteiger partial charge is 0.542 e. The van der Waals surface area contributed by atoms with Crippen molar-refractivity contribution in [3.05, 3.63) is 66.0 Å². The monoisotopic (exact) mass is 383 g/mol. The summed E-state index contributed by atoms with van der Waals surface area (Å²) in [5, 5.41) is 8.78. The van der Waals surface area contributed by atoms with E-state index in [1.807, 2.05) is 12.4 Å². The van der Waals surface area contributed by atoms with Gasteiger partial charge in [-0.1, -0.05) is 30.3 Å². The van der Waals surface area contributed by atoms with Crippen LogP contribution in [-0.4, -0.2) is 35.1 Å². The van der Waals surface area contributed by atoms with Crippen molar-refractivity contribution in [2.24, 2.45) is 0 Å². The molecule has 0 unspecified atom stereocenters. The van der Waals surface area contributed by atoms with Crippen molar-refractivity contribution < 1.29 is 28.8 Å². The standard InChI is InChI=1S/C17H23N3.C2HF3O2/c18-10-4-5-13-20(14-16-6-2-1-3-7-16)15-17-8-11-19-12-9-17;3-2(4,5)1(6)7/h1-3,6-9,11-12H,4-5,10,13-15,18H2;(H,6,7). The second-order valence-corrected chi connectivity index (χ2v) is 5.90. The lowest BCUT2D eigenvalue weighted by molar-refractivity contribution is -0.368. The summed E-state index contributed by atoms with van der Waals surface area (Å²) in [6.07, 6.45) is 0.945. The molecular weight excluding hydrogens is 359 g/mol. The molecule has 0 aliphatic heterocycles. The number of carbonyl (C=O) groups is 1. The first-order chi connectivity index (χ1) is 12.8. The highest BCUT2D eigenvalue weighted by atomic mass is 19.4. The van der Waals surface area contributed by atoms with Gasteiger partial charge in [0.25, 0.3) is 0 Å². The van der Waals surface area contributed by atoms with Crippen LogP contribution < -0.4 is 10.8 Å². The van der Waals surface area contributed by atoms with Gasteiger partial charge in [0.2, 0.25) is 0 Å². The Morgan fingerprint density at radius 2 is 1.52 bits per heavy atom. The van der Waals surface area contributed by atoms with Crippen LogP contribution in [-0.2, 0) is 17.9 Å². The van der Waals surface area contributed by atoms with Crippen molar-refractivity contribution >= 4 is 5.97 Å². The van der Waals surface area contributed by atoms with Crippen LogP contribution in [0.5, 0.6) is 0 Å². The normalized spacial score (nSPS) is 11.0. The molecule has 1 heterocycles. The first kappa shape index (κ1) is 22.6. The summed E-state index contributed by atoms with van der Waals surface area (Å²) in [7, 11) is 0. The summed E-state index contributed by atoms with van der Waals surface area (Å²) in [6, 6.07) is 14.9. The van der Waals surface area contributed by atoms with Gasteiger partial charge in [-0.15, -0.1) is 0 Å². The molecule has 2 rings (SSSR count). The molecule has 0 fully saturated rings. The molecule has 0 saturated heterocycles. The molecule has 0 spiro atoms. The first-order valence-electron chi connectivity index (χ1n) is 8.55. The van der Waals surface area contributed by atoms with Crippen LogP contribution in [0.3, 0.4) is 0 Å². The minimum absolute atomic E-state index is 0.981. The molecule has 1 aromatic carbocycles. The molecule has 0 saturated carbocycles. The van der Waals surface area contributed by atoms with Crippen LogP contribution in [0.25, 0.3) is 0 Å². The highest BCUT2D eigenvalue weighted by molar-refractivity contribution is 5.70. The average Bonchev–Trinajstić information content (AvgIpc) is 2.63. The predicted octanol–water partition coefficient (Wildman–Crippen LogP) is 1.40. The van der Waals surface area contributed by atoms with Gasteiger partial charge in [-0.2, -0.15) is 13.2 Å². The number of unbranched alkanes of at least 4 members (excludes halogenated alkanes) is 1. The van der Waals surface area contributed by atoms with Crippen molar-refractivity contribution in [2.45, 2.75) is 32.1 Å². The number of carboxylic acids is 1. The number of aromatic nitrogens is 1. The van der Waals surface area contributed by atoms with Gasteiger partial charge >= 0.3 is 6.18 Å². The Labute approximate surface area is 156 Å². The minimum atomic E-state index is -5.19. The van der Waals surface area contributed by atoms with E-state index in [0.29, 0.717) is 0 Å². The number of quaternary nitrogens is 1. The van der Waals surface area contributed by atoms with Gasteiger partial charge in [-0.3, -0.25) is 9.88 Å². The molecule has 0 radical (unpaired) electrons. The number of carbonyl (C=O) groups excluding carboxylic acids is 1. The number of halogens is 3. The average molecular weight is 383 g/mol. The third kappa shape index (κ3) is 10.3. The summed E-state index contributed by atoms with van der Waals surface area (Å²) < 4.78 is 31.5. The summed E-state index contributed by atoms with van der Waals surface area (Å²) in [6.45, 7) is 4.12. The maximum atomic E-state index is 10.5. The Hall–Kier alpha value is -2.45. The first-order valence-corrected chi connectivity index (χ1v) is 8.55. The van der Waals surface area contributed by atoms with Crippen molar-refractivity contribution in [2.75, 3.05) is 13.1 Å². The fraction of sp³-hybridized carbons (Fsp3) is 0.368. The number of nitrogens with zero attached hydrogens (tertiary/aromatic N) is 2. The number of alkyl halides is 3. The lowest BCUT2D eigenvalue weighted by Gasteiger charge is -2.22. The molecule has 27 heavy (non-hydrogen) atoms. The summed E-state index contributed by atoms with van der Waals surface area (Å²) in [5.41, 5.74) is 6.62. The molecule has 0 atom stereocenters. The van der Waals surface area contributed by atoms with Crippen molar-refractivity contribution in [1.29, 1.82) is 0 Å². The molecule has 148 valence electrons. The van der Waals surface area contributed by atoms with Crippen molar-refractivity contribution in [3.63, 3.8) is 0 Å². The van der Waals surface area contributed by atoms with E-state index in [1.165, 1.54) is 24.0 Å². The Morgan fingerprint density at radius 1 is 1.00 bits per heavy atom. The summed E-state index contributed by atoms with van der Waals surface area (Å²) in [5.74, 6) is -3.01. The van der Waals surface area contributed by atoms with Crippen LogP contribution in [0.4, 0.5) is 13.2 Å². The molecule has 0 amide bonds. The Morgan fingerprint density at radius 3 is 2.00 bits per heavy atom. The fourth-order valence-corrected chi connectivity index (χ4v) is 2.31. The number of carboxylic acid groups (broad SMARTS) is 1. The van der Waals surface area contributed by atoms with Gasteiger partial charge in [-0.05, 0) is 42.6 Å². The van der Waals surface area contributed by atoms with Gasteiger partial charge in [-0.25, -0.2) is 0 Å². The van der Waals surface area contributed by atoms with E-state index in [-0.39, 0.29) is 0 Å². The molecule has 5 nitrogen and oxygen atoms in total. The van der Waals surface area contributed by atoms with Crippen molar-refractivity contribution in [1.82, 2.24) is 9.88 Å². The molecular formula is C19H24F3N3O2. The van der Waals surface area contributed by atoms with Crippen LogP contribution >= 0.6 is 0 Å². The highest BCUT2D eigenvalue weighted by Gasteiger charge is 2.28. The van der Waals surface area contributed by atoms with Gasteiger partial charge < -0.3 is 15.6 Å². The van der Waals surface area contributed by atoms with E-state index >= 15 is 0 Å². The fourth-order valence-electron chi connectivity index (χ4n) is 2.31. The third-order valence-corrected chi connectivity index (χ3v) is 3.61. The molecule has 0 aliphatic rings. The smallest absolute Gasteiger partial charge is 0.430 e. The number of hydrogen-bond donors (Lipinski definition) is 1. The SMILES string of the molecule is O=C([O-])C(F)(F)F.[NH3+]CCCCN(Cc1ccccc1)Cc1ccncc1. The second-order valence-electron chi connectivity index (χ2n) is 5.90. The molecule has 0 bridgehead atoms. The van der Waals surface area contributed by atoms with E-state index in [4.69, 9.17) is 9.90 Å². The molecule has 1 aromatic heterocycles.